The Morgan fingerprint density at radius 3 is 2.67 bits per heavy atom. The van der Waals surface area contributed by atoms with Crippen molar-refractivity contribution in [1.29, 1.82) is 0 Å². The molecule has 1 aromatic heterocycles. The number of anilines is 1. The maximum atomic E-state index is 12.5. The van der Waals surface area contributed by atoms with Crippen molar-refractivity contribution in [2.45, 2.75) is 25.8 Å². The highest BCUT2D eigenvalue weighted by Gasteiger charge is 2.21. The van der Waals surface area contributed by atoms with Crippen LogP contribution < -0.4 is 11.0 Å². The molecule has 7 heteroatoms. The summed E-state index contributed by atoms with van der Waals surface area (Å²) in [6.07, 6.45) is 5.22. The van der Waals surface area contributed by atoms with E-state index in [2.05, 4.69) is 27.5 Å². The minimum atomic E-state index is -0.117. The third-order valence-electron chi connectivity index (χ3n) is 4.43. The van der Waals surface area contributed by atoms with Gasteiger partial charge in [-0.05, 0) is 25.8 Å². The van der Waals surface area contributed by atoms with Crippen LogP contribution in [0.3, 0.4) is 0 Å². The Kier molecular flexibility index (Phi) is 4.47. The van der Waals surface area contributed by atoms with Gasteiger partial charge in [-0.2, -0.15) is 5.10 Å². The van der Waals surface area contributed by atoms with Gasteiger partial charge in [-0.25, -0.2) is 9.69 Å². The van der Waals surface area contributed by atoms with Crippen LogP contribution in [0.2, 0.25) is 5.02 Å². The van der Waals surface area contributed by atoms with E-state index in [-0.39, 0.29) is 5.56 Å². The molecule has 0 atom stereocenters. The van der Waals surface area contributed by atoms with Crippen LogP contribution in [0.15, 0.2) is 11.0 Å². The van der Waals surface area contributed by atoms with Crippen LogP contribution in [-0.2, 0) is 6.54 Å². The first-order chi connectivity index (χ1) is 10.1. The molecule has 116 valence electrons. The van der Waals surface area contributed by atoms with E-state index in [1.165, 1.54) is 19.3 Å². The minimum Gasteiger partial charge on any atom is -0.313 e. The number of hydrogen-bond donors (Lipinski definition) is 1. The Labute approximate surface area is 129 Å². The first kappa shape index (κ1) is 14.8. The first-order valence-corrected chi connectivity index (χ1v) is 7.97. The zero-order valence-electron chi connectivity index (χ0n) is 12.4. The number of aromatic nitrogens is 2. The summed E-state index contributed by atoms with van der Waals surface area (Å²) in [7, 11) is 2.10. The highest BCUT2D eigenvalue weighted by atomic mass is 35.5. The average molecular weight is 312 g/mol. The van der Waals surface area contributed by atoms with Crippen LogP contribution in [0.25, 0.3) is 0 Å². The van der Waals surface area contributed by atoms with Gasteiger partial charge in [0.2, 0.25) is 0 Å². The van der Waals surface area contributed by atoms with Crippen molar-refractivity contribution < 1.29 is 0 Å². The Bertz CT molecular complexity index is 549. The lowest BCUT2D eigenvalue weighted by atomic mass is 9.85. The Hall–Kier alpha value is -1.11. The summed E-state index contributed by atoms with van der Waals surface area (Å²) in [5.41, 5.74) is 3.53. The second-order valence-electron chi connectivity index (χ2n) is 6.05. The zero-order valence-corrected chi connectivity index (χ0v) is 13.1. The topological polar surface area (TPSA) is 53.4 Å². The first-order valence-electron chi connectivity index (χ1n) is 7.59. The third-order valence-corrected chi connectivity index (χ3v) is 4.71. The van der Waals surface area contributed by atoms with Crippen molar-refractivity contribution >= 4 is 17.3 Å². The largest absolute Gasteiger partial charge is 0.313 e. The van der Waals surface area contributed by atoms with Crippen molar-refractivity contribution in [1.82, 2.24) is 19.7 Å². The van der Waals surface area contributed by atoms with Gasteiger partial charge < -0.3 is 10.3 Å². The van der Waals surface area contributed by atoms with Crippen molar-refractivity contribution in [3.8, 4) is 0 Å². The number of piperazine rings is 1. The lowest BCUT2D eigenvalue weighted by Crippen LogP contribution is -2.48. The van der Waals surface area contributed by atoms with Gasteiger partial charge in [0, 0.05) is 32.7 Å². The number of hydrogen-bond acceptors (Lipinski definition) is 5. The van der Waals surface area contributed by atoms with Gasteiger partial charge in [0.1, 0.15) is 5.69 Å². The zero-order chi connectivity index (χ0) is 14.8. The number of rotatable bonds is 4. The summed E-state index contributed by atoms with van der Waals surface area (Å²) in [6, 6.07) is 0. The van der Waals surface area contributed by atoms with E-state index in [1.807, 2.05) is 0 Å². The van der Waals surface area contributed by atoms with E-state index in [1.54, 1.807) is 10.9 Å². The standard InChI is InChI=1S/C14H22ClN5O/c1-18-5-7-19(8-6-18)17-13-12(15)9-16-20(14(13)21)10-11-3-2-4-11/h9,11,17H,2-8,10H2,1H3. The van der Waals surface area contributed by atoms with E-state index in [0.29, 0.717) is 23.2 Å². The summed E-state index contributed by atoms with van der Waals surface area (Å²) >= 11 is 6.16. The smallest absolute Gasteiger partial charge is 0.292 e. The molecule has 1 saturated carbocycles. The summed E-state index contributed by atoms with van der Waals surface area (Å²) in [4.78, 5) is 14.8. The summed E-state index contributed by atoms with van der Waals surface area (Å²) < 4.78 is 1.55. The molecule has 0 radical (unpaired) electrons. The van der Waals surface area contributed by atoms with E-state index in [9.17, 15) is 4.79 Å². The molecule has 0 bridgehead atoms. The predicted octanol–water partition coefficient (Wildman–Crippen LogP) is 1.27. The monoisotopic (exact) mass is 311 g/mol. The van der Waals surface area contributed by atoms with Crippen LogP contribution in [0.1, 0.15) is 19.3 Å². The van der Waals surface area contributed by atoms with Crippen LogP contribution in [-0.4, -0.2) is 52.9 Å². The Morgan fingerprint density at radius 2 is 2.05 bits per heavy atom. The van der Waals surface area contributed by atoms with E-state index in [4.69, 9.17) is 11.6 Å². The number of hydrazine groups is 1. The summed E-state index contributed by atoms with van der Waals surface area (Å²) in [5.74, 6) is 0.591. The van der Waals surface area contributed by atoms with E-state index in [0.717, 1.165) is 26.2 Å². The van der Waals surface area contributed by atoms with Gasteiger partial charge in [-0.1, -0.05) is 18.0 Å². The van der Waals surface area contributed by atoms with Gasteiger partial charge in [-0.15, -0.1) is 0 Å². The molecule has 6 nitrogen and oxygen atoms in total. The molecule has 0 aromatic carbocycles. The molecule has 2 fully saturated rings. The molecule has 21 heavy (non-hydrogen) atoms. The second-order valence-corrected chi connectivity index (χ2v) is 6.46. The molecule has 3 rings (SSSR count). The fourth-order valence-electron chi connectivity index (χ4n) is 2.70. The van der Waals surface area contributed by atoms with Crippen LogP contribution in [0, 0.1) is 5.92 Å². The Balaban J connectivity index is 1.73. The molecule has 1 aromatic rings. The molecule has 0 spiro atoms. The number of nitrogens with zero attached hydrogens (tertiary/aromatic N) is 4. The van der Waals surface area contributed by atoms with E-state index >= 15 is 0 Å². The predicted molar refractivity (Wildman–Crippen MR) is 83.5 cm³/mol. The maximum absolute atomic E-state index is 12.5. The molecular formula is C14H22ClN5O. The average Bonchev–Trinajstić information content (AvgIpc) is 2.43. The second kappa shape index (κ2) is 6.34. The van der Waals surface area contributed by atoms with Gasteiger partial charge in [-0.3, -0.25) is 4.79 Å². The Morgan fingerprint density at radius 1 is 1.33 bits per heavy atom. The SMILES string of the molecule is CN1CCN(Nc2c(Cl)cnn(CC3CCC3)c2=O)CC1. The van der Waals surface area contributed by atoms with Crippen molar-refractivity contribution in [2.24, 2.45) is 5.92 Å². The van der Waals surface area contributed by atoms with Gasteiger partial charge in [0.15, 0.2) is 0 Å². The molecule has 1 saturated heterocycles. The maximum Gasteiger partial charge on any atom is 0.292 e. The van der Waals surface area contributed by atoms with E-state index < -0.39 is 0 Å². The third kappa shape index (κ3) is 3.39. The molecular weight excluding hydrogens is 290 g/mol. The number of likely N-dealkylation sites (N-methyl/N-ethyl adjacent to an activating group) is 1. The fourth-order valence-corrected chi connectivity index (χ4v) is 2.86. The van der Waals surface area contributed by atoms with Crippen molar-refractivity contribution in [3.63, 3.8) is 0 Å². The lowest BCUT2D eigenvalue weighted by Gasteiger charge is -2.33. The molecule has 1 N–H and O–H groups in total. The summed E-state index contributed by atoms with van der Waals surface area (Å²) in [5, 5.41) is 6.62. The molecule has 1 aliphatic carbocycles. The highest BCUT2D eigenvalue weighted by molar-refractivity contribution is 6.32. The fraction of sp³-hybridized carbons (Fsp3) is 0.714. The van der Waals surface area contributed by atoms with Crippen molar-refractivity contribution in [3.05, 3.63) is 21.6 Å². The molecule has 2 aliphatic rings. The van der Waals surface area contributed by atoms with Crippen LogP contribution in [0.5, 0.6) is 0 Å². The highest BCUT2D eigenvalue weighted by Crippen LogP contribution is 2.27. The van der Waals surface area contributed by atoms with Crippen LogP contribution >= 0.6 is 11.6 Å². The number of halogens is 1. The van der Waals surface area contributed by atoms with Crippen molar-refractivity contribution in [2.75, 3.05) is 38.7 Å². The molecule has 0 amide bonds. The van der Waals surface area contributed by atoms with Gasteiger partial charge >= 0.3 is 0 Å². The summed E-state index contributed by atoms with van der Waals surface area (Å²) in [6.45, 7) is 4.40. The molecule has 0 unspecified atom stereocenters. The number of nitrogens with one attached hydrogen (secondary N) is 1. The molecule has 2 heterocycles. The molecule has 1 aliphatic heterocycles. The van der Waals surface area contributed by atoms with Crippen LogP contribution in [0.4, 0.5) is 5.69 Å². The lowest BCUT2D eigenvalue weighted by molar-refractivity contribution is 0.178. The quantitative estimate of drug-likeness (QED) is 0.907. The van der Waals surface area contributed by atoms with Gasteiger partial charge in [0.25, 0.3) is 5.56 Å². The normalized spacial score (nSPS) is 21.2. The van der Waals surface area contributed by atoms with Gasteiger partial charge in [0.05, 0.1) is 11.2 Å². The minimum absolute atomic E-state index is 0.117.